The Hall–Kier alpha value is -3.79. The van der Waals surface area contributed by atoms with Crippen LogP contribution in [0.2, 0.25) is 0 Å². The zero-order valence-corrected chi connectivity index (χ0v) is 18.3. The number of halogens is 3. The maximum absolute atomic E-state index is 13.8. The summed E-state index contributed by atoms with van der Waals surface area (Å²) in [5.41, 5.74) is 3.88. The summed E-state index contributed by atoms with van der Waals surface area (Å²) in [6, 6.07) is 7.51. The number of benzene rings is 1. The van der Waals surface area contributed by atoms with Crippen molar-refractivity contribution >= 4 is 11.8 Å². The first-order valence-corrected chi connectivity index (χ1v) is 10.6. The molecule has 174 valence electrons. The molecule has 5 rings (SSSR count). The van der Waals surface area contributed by atoms with Gasteiger partial charge in [0.25, 0.3) is 0 Å². The molecule has 0 amide bonds. The van der Waals surface area contributed by atoms with Gasteiger partial charge in [0.1, 0.15) is 24.2 Å². The Labute approximate surface area is 192 Å². The quantitative estimate of drug-likeness (QED) is 0.390. The summed E-state index contributed by atoms with van der Waals surface area (Å²) in [6.07, 6.45) is 5.31. The molecule has 0 bridgehead atoms. The van der Waals surface area contributed by atoms with E-state index < -0.39 is 18.3 Å². The number of alkyl halides is 2. The van der Waals surface area contributed by atoms with Gasteiger partial charge in [0, 0.05) is 34.4 Å². The van der Waals surface area contributed by atoms with Crippen LogP contribution in [0.5, 0.6) is 5.75 Å². The van der Waals surface area contributed by atoms with Crippen LogP contribution in [0, 0.1) is 5.82 Å². The van der Waals surface area contributed by atoms with Crippen molar-refractivity contribution in [3.8, 4) is 17.0 Å². The van der Waals surface area contributed by atoms with E-state index in [4.69, 9.17) is 9.84 Å². The lowest BCUT2D eigenvalue weighted by Gasteiger charge is -2.22. The standard InChI is InChI=1S/C24H20F3N5O2/c1-31(2)19-7-16(21-13(11-33)4-3-5-20(21)34-24(26)27)22-18-8-17(14-6-15(25)10-28-9-14)29-12-32(18)30-23(19)22/h3-6,8-12,16,19,24H,7H2,1-2H3. The Kier molecular flexibility index (Phi) is 5.52. The fourth-order valence-electron chi connectivity index (χ4n) is 4.71. The van der Waals surface area contributed by atoms with Crippen molar-refractivity contribution in [2.24, 2.45) is 0 Å². The highest BCUT2D eigenvalue weighted by Crippen LogP contribution is 2.50. The molecular formula is C24H20F3N5O2. The average Bonchev–Trinajstić information content (AvgIpc) is 3.35. The maximum Gasteiger partial charge on any atom is 0.387 e. The minimum atomic E-state index is -3.04. The minimum Gasteiger partial charge on any atom is -0.434 e. The van der Waals surface area contributed by atoms with Crippen LogP contribution >= 0.6 is 0 Å². The van der Waals surface area contributed by atoms with E-state index in [-0.39, 0.29) is 17.4 Å². The minimum absolute atomic E-state index is 0.0436. The number of aromatic nitrogens is 4. The number of pyridine rings is 1. The number of ether oxygens (including phenoxy) is 1. The molecule has 4 aromatic rings. The van der Waals surface area contributed by atoms with E-state index in [0.29, 0.717) is 35.0 Å². The fourth-order valence-corrected chi connectivity index (χ4v) is 4.71. The number of nitrogens with zero attached hydrogens (tertiary/aromatic N) is 5. The number of aldehydes is 1. The number of carbonyl (C=O) groups is 1. The van der Waals surface area contributed by atoms with Gasteiger partial charge in [0.05, 0.1) is 29.1 Å². The van der Waals surface area contributed by atoms with Crippen LogP contribution in [0.25, 0.3) is 16.8 Å². The van der Waals surface area contributed by atoms with Crippen molar-refractivity contribution in [2.45, 2.75) is 25.0 Å². The van der Waals surface area contributed by atoms with Crippen LogP contribution in [0.15, 0.2) is 49.1 Å². The maximum atomic E-state index is 13.8. The third-order valence-corrected chi connectivity index (χ3v) is 6.13. The summed E-state index contributed by atoms with van der Waals surface area (Å²) in [6.45, 7) is -3.04. The Morgan fingerprint density at radius 3 is 2.74 bits per heavy atom. The first kappa shape index (κ1) is 22.0. The smallest absolute Gasteiger partial charge is 0.387 e. The highest BCUT2D eigenvalue weighted by molar-refractivity contribution is 5.81. The van der Waals surface area contributed by atoms with Crippen molar-refractivity contribution in [1.82, 2.24) is 24.5 Å². The second kappa shape index (κ2) is 8.53. The summed E-state index contributed by atoms with van der Waals surface area (Å²) in [5.74, 6) is -0.967. The van der Waals surface area contributed by atoms with Crippen molar-refractivity contribution in [3.63, 3.8) is 0 Å². The predicted molar refractivity (Wildman–Crippen MR) is 118 cm³/mol. The van der Waals surface area contributed by atoms with Gasteiger partial charge in [-0.25, -0.2) is 13.9 Å². The highest BCUT2D eigenvalue weighted by Gasteiger charge is 2.40. The van der Waals surface area contributed by atoms with E-state index in [1.807, 2.05) is 19.0 Å². The number of fused-ring (bicyclic) bond motifs is 3. The van der Waals surface area contributed by atoms with E-state index >= 15 is 0 Å². The van der Waals surface area contributed by atoms with Gasteiger partial charge >= 0.3 is 6.61 Å². The predicted octanol–water partition coefficient (Wildman–Crippen LogP) is 4.48. The Morgan fingerprint density at radius 1 is 1.21 bits per heavy atom. The number of hydrogen-bond donors (Lipinski definition) is 0. The van der Waals surface area contributed by atoms with Gasteiger partial charge in [-0.2, -0.15) is 13.9 Å². The SMILES string of the molecule is CN(C)C1CC(c2c(C=O)cccc2OC(F)F)c2c1nn1cnc(-c3cncc(F)c3)cc21. The lowest BCUT2D eigenvalue weighted by molar-refractivity contribution is -0.0506. The van der Waals surface area contributed by atoms with Crippen LogP contribution in [0.3, 0.4) is 0 Å². The third-order valence-electron chi connectivity index (χ3n) is 6.13. The molecular weight excluding hydrogens is 447 g/mol. The lowest BCUT2D eigenvalue weighted by atomic mass is 9.88. The van der Waals surface area contributed by atoms with Crippen LogP contribution < -0.4 is 4.74 Å². The highest BCUT2D eigenvalue weighted by atomic mass is 19.3. The molecule has 0 fully saturated rings. The van der Waals surface area contributed by atoms with Crippen LogP contribution in [0.1, 0.15) is 45.6 Å². The Balaban J connectivity index is 1.74. The van der Waals surface area contributed by atoms with Gasteiger partial charge in [-0.3, -0.25) is 9.78 Å². The number of carbonyl (C=O) groups excluding carboxylic acids is 1. The molecule has 0 spiro atoms. The van der Waals surface area contributed by atoms with E-state index in [1.54, 1.807) is 16.6 Å². The molecule has 2 atom stereocenters. The second-order valence-corrected chi connectivity index (χ2v) is 8.32. The third kappa shape index (κ3) is 3.69. The Bertz CT molecular complexity index is 1390. The Morgan fingerprint density at radius 2 is 2.03 bits per heavy atom. The van der Waals surface area contributed by atoms with Crippen molar-refractivity contribution in [1.29, 1.82) is 0 Å². The normalized spacial score (nSPS) is 17.5. The van der Waals surface area contributed by atoms with E-state index in [1.165, 1.54) is 30.7 Å². The van der Waals surface area contributed by atoms with Gasteiger partial charge in [0.15, 0.2) is 0 Å². The first-order chi connectivity index (χ1) is 16.4. The van der Waals surface area contributed by atoms with Crippen LogP contribution in [0.4, 0.5) is 13.2 Å². The van der Waals surface area contributed by atoms with Crippen molar-refractivity contribution in [2.75, 3.05) is 14.1 Å². The molecule has 3 heterocycles. The van der Waals surface area contributed by atoms with Crippen LogP contribution in [-0.2, 0) is 0 Å². The van der Waals surface area contributed by atoms with Crippen molar-refractivity contribution in [3.05, 3.63) is 77.3 Å². The molecule has 0 N–H and O–H groups in total. The fraction of sp³-hybridized carbons (Fsp3) is 0.250. The van der Waals surface area contributed by atoms with Gasteiger partial charge in [-0.05, 0) is 38.7 Å². The molecule has 1 aromatic carbocycles. The van der Waals surface area contributed by atoms with E-state index in [2.05, 4.69) is 9.97 Å². The van der Waals surface area contributed by atoms with Gasteiger partial charge in [-0.1, -0.05) is 12.1 Å². The van der Waals surface area contributed by atoms with Crippen molar-refractivity contribution < 1.29 is 22.7 Å². The summed E-state index contributed by atoms with van der Waals surface area (Å²) in [5, 5.41) is 4.72. The van der Waals surface area contributed by atoms with Gasteiger partial charge in [-0.15, -0.1) is 0 Å². The summed E-state index contributed by atoms with van der Waals surface area (Å²) >= 11 is 0. The zero-order chi connectivity index (χ0) is 24.0. The molecule has 1 aliphatic rings. The molecule has 2 unspecified atom stereocenters. The molecule has 7 nitrogen and oxygen atoms in total. The van der Waals surface area contributed by atoms with E-state index in [0.717, 1.165) is 17.5 Å². The number of rotatable bonds is 6. The summed E-state index contributed by atoms with van der Waals surface area (Å²) in [7, 11) is 3.82. The molecule has 0 radical (unpaired) electrons. The molecule has 0 saturated heterocycles. The molecule has 10 heteroatoms. The molecule has 3 aromatic heterocycles. The topological polar surface area (TPSA) is 72.6 Å². The lowest BCUT2D eigenvalue weighted by Crippen LogP contribution is -2.19. The van der Waals surface area contributed by atoms with Gasteiger partial charge in [0.2, 0.25) is 0 Å². The van der Waals surface area contributed by atoms with Crippen LogP contribution in [-0.4, -0.2) is 51.5 Å². The summed E-state index contributed by atoms with van der Waals surface area (Å²) in [4.78, 5) is 22.2. The monoisotopic (exact) mass is 467 g/mol. The average molecular weight is 467 g/mol. The number of hydrogen-bond acceptors (Lipinski definition) is 6. The molecule has 0 saturated carbocycles. The zero-order valence-electron chi connectivity index (χ0n) is 18.3. The second-order valence-electron chi connectivity index (χ2n) is 8.32. The molecule has 1 aliphatic carbocycles. The molecule has 34 heavy (non-hydrogen) atoms. The largest absolute Gasteiger partial charge is 0.434 e. The molecule has 0 aliphatic heterocycles. The summed E-state index contributed by atoms with van der Waals surface area (Å²) < 4.78 is 46.6. The van der Waals surface area contributed by atoms with Gasteiger partial charge < -0.3 is 9.64 Å². The van der Waals surface area contributed by atoms with E-state index in [9.17, 15) is 18.0 Å². The first-order valence-electron chi connectivity index (χ1n) is 10.6.